The molecule has 10 heteroatoms. The zero-order valence-corrected chi connectivity index (χ0v) is 21.2. The zero-order valence-electron chi connectivity index (χ0n) is 21.2. The van der Waals surface area contributed by atoms with Crippen molar-refractivity contribution in [3.63, 3.8) is 0 Å². The summed E-state index contributed by atoms with van der Waals surface area (Å²) in [6, 6.07) is 8.93. The topological polar surface area (TPSA) is 92.3 Å². The molecule has 1 saturated heterocycles. The summed E-state index contributed by atoms with van der Waals surface area (Å²) in [6.45, 7) is 6.90. The third kappa shape index (κ3) is 5.40. The SMILES string of the molecule is CCN(Cc1ccc(-n2cccn2)cc1F)c1ncnc2c1ccn2CC1CCN(CC(C)=O)C[C@@H]1O. The number of carbonyl (C=O) groups is 1. The van der Waals surface area contributed by atoms with E-state index in [4.69, 9.17) is 0 Å². The number of β-amino-alcohol motifs (C(OH)–C–C–N with tert-alkyl or cyclic N) is 1. The number of hydrogen-bond acceptors (Lipinski definition) is 7. The number of rotatable bonds is 9. The van der Waals surface area contributed by atoms with Crippen LogP contribution in [0.1, 0.15) is 25.8 Å². The van der Waals surface area contributed by atoms with Crippen molar-refractivity contribution < 1.29 is 14.3 Å². The average Bonchev–Trinajstić information content (AvgIpc) is 3.55. The van der Waals surface area contributed by atoms with Gasteiger partial charge in [-0.3, -0.25) is 9.69 Å². The van der Waals surface area contributed by atoms with Gasteiger partial charge in [0.1, 0.15) is 29.4 Å². The van der Waals surface area contributed by atoms with Gasteiger partial charge in [0.05, 0.1) is 23.7 Å². The Kier molecular flexibility index (Phi) is 7.29. The highest BCUT2D eigenvalue weighted by atomic mass is 19.1. The molecule has 0 saturated carbocycles. The Bertz CT molecular complexity index is 1370. The second kappa shape index (κ2) is 10.8. The normalized spacial score (nSPS) is 18.4. The number of hydrogen-bond donors (Lipinski definition) is 1. The van der Waals surface area contributed by atoms with Crippen LogP contribution < -0.4 is 4.90 Å². The van der Waals surface area contributed by atoms with Crippen molar-refractivity contribution >= 4 is 22.6 Å². The average molecular weight is 506 g/mol. The van der Waals surface area contributed by atoms with E-state index < -0.39 is 6.10 Å². The monoisotopic (exact) mass is 505 g/mol. The summed E-state index contributed by atoms with van der Waals surface area (Å²) in [7, 11) is 0. The number of likely N-dealkylation sites (tertiary alicyclic amines) is 1. The van der Waals surface area contributed by atoms with Gasteiger partial charge in [-0.05, 0) is 51.1 Å². The lowest BCUT2D eigenvalue weighted by atomic mass is 9.93. The summed E-state index contributed by atoms with van der Waals surface area (Å²) in [4.78, 5) is 24.6. The molecule has 1 N–H and O–H groups in total. The van der Waals surface area contributed by atoms with Crippen LogP contribution in [0.25, 0.3) is 16.7 Å². The number of Topliss-reactive ketones (excluding diaryl/α,β-unsaturated/α-hetero) is 1. The van der Waals surface area contributed by atoms with Crippen LogP contribution in [0.2, 0.25) is 0 Å². The van der Waals surface area contributed by atoms with Crippen LogP contribution in [0.4, 0.5) is 10.2 Å². The van der Waals surface area contributed by atoms with Crippen LogP contribution >= 0.6 is 0 Å². The van der Waals surface area contributed by atoms with E-state index >= 15 is 4.39 Å². The third-order valence-corrected chi connectivity index (χ3v) is 7.07. The van der Waals surface area contributed by atoms with Crippen molar-refractivity contribution in [1.29, 1.82) is 0 Å². The number of anilines is 1. The molecule has 0 spiro atoms. The van der Waals surface area contributed by atoms with Gasteiger partial charge in [-0.25, -0.2) is 19.0 Å². The molecule has 0 amide bonds. The van der Waals surface area contributed by atoms with E-state index in [0.29, 0.717) is 44.0 Å². The van der Waals surface area contributed by atoms with Crippen LogP contribution in [0.15, 0.2) is 55.2 Å². The molecular formula is C27H32FN7O2. The highest BCUT2D eigenvalue weighted by Crippen LogP contribution is 2.28. The van der Waals surface area contributed by atoms with Crippen LogP contribution in [-0.2, 0) is 17.9 Å². The Morgan fingerprint density at radius 3 is 2.81 bits per heavy atom. The molecule has 9 nitrogen and oxygen atoms in total. The zero-order chi connectivity index (χ0) is 25.9. The van der Waals surface area contributed by atoms with Gasteiger partial charge < -0.3 is 14.6 Å². The lowest BCUT2D eigenvalue weighted by molar-refractivity contribution is -0.119. The maximum Gasteiger partial charge on any atom is 0.145 e. The van der Waals surface area contributed by atoms with Crippen LogP contribution in [0.3, 0.4) is 0 Å². The number of ketones is 1. The van der Waals surface area contributed by atoms with E-state index in [-0.39, 0.29) is 17.5 Å². The second-order valence-corrected chi connectivity index (χ2v) is 9.70. The van der Waals surface area contributed by atoms with Crippen molar-refractivity contribution in [3.8, 4) is 5.69 Å². The molecule has 37 heavy (non-hydrogen) atoms. The maximum absolute atomic E-state index is 15.0. The number of piperidine rings is 1. The fraction of sp³-hybridized carbons (Fsp3) is 0.407. The van der Waals surface area contributed by atoms with Crippen LogP contribution in [0, 0.1) is 11.7 Å². The third-order valence-electron chi connectivity index (χ3n) is 7.07. The van der Waals surface area contributed by atoms with Crippen molar-refractivity contribution in [3.05, 3.63) is 66.6 Å². The standard InChI is InChI=1S/C27H32FN7O2/c1-3-33(15-20-5-6-22(13-24(20)28)35-10-4-9-31-35)26-23-8-12-34(27(23)30-18-29-26)16-21-7-11-32(14-19(2)36)17-25(21)37/h4-6,8-10,12-13,18,21,25,37H,3,7,11,14-17H2,1-2H3/t21?,25-/m0/s1. The van der Waals surface area contributed by atoms with Gasteiger partial charge in [-0.1, -0.05) is 6.07 Å². The Hall–Kier alpha value is -3.63. The number of halogens is 1. The summed E-state index contributed by atoms with van der Waals surface area (Å²) in [5, 5.41) is 15.8. The van der Waals surface area contributed by atoms with Crippen molar-refractivity contribution in [2.75, 3.05) is 31.1 Å². The number of benzene rings is 1. The minimum absolute atomic E-state index is 0.0712. The smallest absolute Gasteiger partial charge is 0.145 e. The first-order valence-electron chi connectivity index (χ1n) is 12.7. The first kappa shape index (κ1) is 25.0. The van der Waals surface area contributed by atoms with Gasteiger partial charge in [0.15, 0.2) is 0 Å². The quantitative estimate of drug-likeness (QED) is 0.374. The number of nitrogens with zero attached hydrogens (tertiary/aromatic N) is 7. The predicted octanol–water partition coefficient (Wildman–Crippen LogP) is 3.05. The molecule has 0 radical (unpaired) electrons. The molecule has 1 aliphatic rings. The number of aliphatic hydroxyl groups is 1. The second-order valence-electron chi connectivity index (χ2n) is 9.70. The highest BCUT2D eigenvalue weighted by Gasteiger charge is 2.29. The summed E-state index contributed by atoms with van der Waals surface area (Å²) >= 11 is 0. The van der Waals surface area contributed by atoms with E-state index in [2.05, 4.69) is 19.6 Å². The summed E-state index contributed by atoms with van der Waals surface area (Å²) < 4.78 is 18.7. The van der Waals surface area contributed by atoms with Gasteiger partial charge in [0.25, 0.3) is 0 Å². The lowest BCUT2D eigenvalue weighted by Gasteiger charge is -2.35. The molecule has 0 aliphatic carbocycles. The molecule has 0 bridgehead atoms. The fourth-order valence-electron chi connectivity index (χ4n) is 5.13. The van der Waals surface area contributed by atoms with E-state index in [1.54, 1.807) is 42.5 Å². The molecule has 1 aromatic carbocycles. The highest BCUT2D eigenvalue weighted by molar-refractivity contribution is 5.87. The molecule has 3 aromatic heterocycles. The largest absolute Gasteiger partial charge is 0.391 e. The van der Waals surface area contributed by atoms with Crippen LogP contribution in [0.5, 0.6) is 0 Å². The molecule has 4 heterocycles. The van der Waals surface area contributed by atoms with Crippen molar-refractivity contribution in [2.45, 2.75) is 39.5 Å². The Labute approximate surface area is 215 Å². The van der Waals surface area contributed by atoms with Gasteiger partial charge >= 0.3 is 0 Å². The number of aliphatic hydroxyl groups excluding tert-OH is 1. The predicted molar refractivity (Wildman–Crippen MR) is 139 cm³/mol. The van der Waals surface area contributed by atoms with E-state index in [0.717, 1.165) is 29.8 Å². The molecule has 1 fully saturated rings. The van der Waals surface area contributed by atoms with Crippen molar-refractivity contribution in [2.24, 2.45) is 5.92 Å². The Morgan fingerprint density at radius 2 is 2.11 bits per heavy atom. The van der Waals surface area contributed by atoms with Crippen LogP contribution in [-0.4, -0.2) is 72.4 Å². The van der Waals surface area contributed by atoms with Gasteiger partial charge in [0, 0.05) is 56.3 Å². The number of carbonyl (C=O) groups excluding carboxylic acids is 1. The summed E-state index contributed by atoms with van der Waals surface area (Å²) in [5.41, 5.74) is 2.03. The lowest BCUT2D eigenvalue weighted by Crippen LogP contribution is -2.46. The fourth-order valence-corrected chi connectivity index (χ4v) is 5.13. The summed E-state index contributed by atoms with van der Waals surface area (Å²) in [6.07, 6.45) is 7.26. The van der Waals surface area contributed by atoms with E-state index in [1.807, 2.05) is 35.1 Å². The first-order valence-corrected chi connectivity index (χ1v) is 12.7. The maximum atomic E-state index is 15.0. The molecule has 2 atom stereocenters. The molecule has 1 aliphatic heterocycles. The minimum Gasteiger partial charge on any atom is -0.391 e. The Balaban J connectivity index is 1.33. The molecule has 1 unspecified atom stereocenters. The van der Waals surface area contributed by atoms with Crippen molar-refractivity contribution in [1.82, 2.24) is 29.2 Å². The molecule has 5 rings (SSSR count). The first-order chi connectivity index (χ1) is 17.9. The molecule has 194 valence electrons. The molecule has 4 aromatic rings. The number of fused-ring (bicyclic) bond motifs is 1. The molecular weight excluding hydrogens is 473 g/mol. The minimum atomic E-state index is -0.508. The number of aromatic nitrogens is 5. The Morgan fingerprint density at radius 1 is 1.24 bits per heavy atom. The van der Waals surface area contributed by atoms with Gasteiger partial charge in [0.2, 0.25) is 0 Å². The van der Waals surface area contributed by atoms with E-state index in [1.165, 1.54) is 6.07 Å². The van der Waals surface area contributed by atoms with E-state index in [9.17, 15) is 9.90 Å². The van der Waals surface area contributed by atoms with Gasteiger partial charge in [-0.2, -0.15) is 5.10 Å². The van der Waals surface area contributed by atoms with Gasteiger partial charge in [-0.15, -0.1) is 0 Å². The summed E-state index contributed by atoms with van der Waals surface area (Å²) in [5.74, 6) is 0.639.